The van der Waals surface area contributed by atoms with E-state index in [-0.39, 0.29) is 12.6 Å². The van der Waals surface area contributed by atoms with Gasteiger partial charge in [0, 0.05) is 6.04 Å². The highest BCUT2D eigenvalue weighted by molar-refractivity contribution is 4.63. The Morgan fingerprint density at radius 2 is 2.11 bits per heavy atom. The second-order valence-corrected chi connectivity index (χ2v) is 2.24. The van der Waals surface area contributed by atoms with Crippen molar-refractivity contribution in [2.75, 3.05) is 6.61 Å². The summed E-state index contributed by atoms with van der Waals surface area (Å²) in [5.74, 6) is 0. The first kappa shape index (κ1) is 8.88. The molecule has 0 saturated carbocycles. The van der Waals surface area contributed by atoms with Gasteiger partial charge in [0.1, 0.15) is 0 Å². The van der Waals surface area contributed by atoms with Gasteiger partial charge >= 0.3 is 0 Å². The summed E-state index contributed by atoms with van der Waals surface area (Å²) in [6.07, 6.45) is 0.698. The Balaban J connectivity index is 3.22. The molecule has 0 bridgehead atoms. The monoisotopic (exact) mass is 133 g/mol. The molecule has 9 heavy (non-hydrogen) atoms. The fourth-order valence-corrected chi connectivity index (χ4v) is 0.591. The Bertz CT molecular complexity index is 60.1. The average molecular weight is 133 g/mol. The Kier molecular flexibility index (Phi) is 4.67. The van der Waals surface area contributed by atoms with Gasteiger partial charge in [-0.1, -0.05) is 6.92 Å². The summed E-state index contributed by atoms with van der Waals surface area (Å²) in [6, 6.07) is 0.0205. The van der Waals surface area contributed by atoms with E-state index in [4.69, 9.17) is 15.9 Å². The van der Waals surface area contributed by atoms with Gasteiger partial charge in [-0.2, -0.15) is 0 Å². The first-order valence-electron chi connectivity index (χ1n) is 3.25. The zero-order chi connectivity index (χ0) is 7.28. The number of aliphatic hydroxyl groups excluding tert-OH is 2. The van der Waals surface area contributed by atoms with Crippen LogP contribution < -0.4 is 5.73 Å². The van der Waals surface area contributed by atoms with Gasteiger partial charge in [0.15, 0.2) is 0 Å². The van der Waals surface area contributed by atoms with E-state index in [2.05, 4.69) is 0 Å². The van der Waals surface area contributed by atoms with Gasteiger partial charge in [-0.25, -0.2) is 0 Å². The highest BCUT2D eigenvalue weighted by Gasteiger charge is 2.06. The van der Waals surface area contributed by atoms with Crippen molar-refractivity contribution in [3.63, 3.8) is 0 Å². The Morgan fingerprint density at radius 3 is 2.44 bits per heavy atom. The lowest BCUT2D eigenvalue weighted by molar-refractivity contribution is 0.0823. The zero-order valence-electron chi connectivity index (χ0n) is 5.75. The van der Waals surface area contributed by atoms with Crippen molar-refractivity contribution in [1.82, 2.24) is 0 Å². The van der Waals surface area contributed by atoms with Gasteiger partial charge in [-0.15, -0.1) is 0 Å². The molecule has 0 rings (SSSR count). The van der Waals surface area contributed by atoms with Crippen LogP contribution in [0.5, 0.6) is 0 Å². The van der Waals surface area contributed by atoms with Crippen molar-refractivity contribution in [3.05, 3.63) is 0 Å². The molecule has 0 aliphatic carbocycles. The molecule has 1 unspecified atom stereocenters. The van der Waals surface area contributed by atoms with E-state index in [9.17, 15) is 0 Å². The second-order valence-electron chi connectivity index (χ2n) is 2.24. The number of nitrogens with two attached hydrogens (primary N) is 1. The number of rotatable bonds is 4. The average Bonchev–Trinajstić information content (AvgIpc) is 1.87. The fraction of sp³-hybridized carbons (Fsp3) is 1.00. The van der Waals surface area contributed by atoms with E-state index in [0.717, 1.165) is 6.42 Å². The van der Waals surface area contributed by atoms with Gasteiger partial charge in [-0.05, 0) is 12.8 Å². The zero-order valence-corrected chi connectivity index (χ0v) is 5.75. The molecule has 0 aliphatic rings. The topological polar surface area (TPSA) is 66.5 Å². The molecule has 0 aromatic heterocycles. The molecule has 3 heteroatoms. The number of hydrogen-bond donors (Lipinski definition) is 3. The summed E-state index contributed by atoms with van der Waals surface area (Å²) in [7, 11) is 0. The number of aliphatic hydroxyl groups is 2. The lowest BCUT2D eigenvalue weighted by Gasteiger charge is -2.11. The van der Waals surface area contributed by atoms with Crippen molar-refractivity contribution in [1.29, 1.82) is 0 Å². The summed E-state index contributed by atoms with van der Waals surface area (Å²) in [6.45, 7) is 1.77. The van der Waals surface area contributed by atoms with Crippen LogP contribution in [0.15, 0.2) is 0 Å². The van der Waals surface area contributed by atoms with E-state index < -0.39 is 6.10 Å². The normalized spacial score (nSPS) is 17.3. The van der Waals surface area contributed by atoms with E-state index in [1.165, 1.54) is 0 Å². The van der Waals surface area contributed by atoms with Crippen LogP contribution in [0, 0.1) is 0 Å². The van der Waals surface area contributed by atoms with E-state index in [0.29, 0.717) is 6.42 Å². The molecule has 56 valence electrons. The minimum Gasteiger partial charge on any atom is -0.394 e. The highest BCUT2D eigenvalue weighted by Crippen LogP contribution is 1.97. The van der Waals surface area contributed by atoms with Crippen LogP contribution in [0.3, 0.4) is 0 Å². The third kappa shape index (κ3) is 4.39. The predicted octanol–water partition coefficient (Wildman–Crippen LogP) is -0.533. The molecule has 0 aromatic carbocycles. The molecule has 4 N–H and O–H groups in total. The molecule has 2 atom stereocenters. The molecular weight excluding hydrogens is 118 g/mol. The molecule has 0 radical (unpaired) electrons. The maximum absolute atomic E-state index is 8.83. The minimum absolute atomic E-state index is 0.0205. The Morgan fingerprint density at radius 1 is 1.56 bits per heavy atom. The van der Waals surface area contributed by atoms with E-state index >= 15 is 0 Å². The Labute approximate surface area is 55.5 Å². The summed E-state index contributed by atoms with van der Waals surface area (Å²) in [5, 5.41) is 17.2. The van der Waals surface area contributed by atoms with Crippen molar-refractivity contribution in [2.45, 2.75) is 31.9 Å². The molecule has 0 saturated heterocycles. The molecule has 0 spiro atoms. The maximum Gasteiger partial charge on any atom is 0.0785 e. The van der Waals surface area contributed by atoms with Gasteiger partial charge < -0.3 is 15.9 Å². The summed E-state index contributed by atoms with van der Waals surface area (Å²) < 4.78 is 0. The van der Waals surface area contributed by atoms with Crippen LogP contribution in [0.4, 0.5) is 0 Å². The van der Waals surface area contributed by atoms with Gasteiger partial charge in [0.2, 0.25) is 0 Å². The standard InChI is InChI=1S/C6H15NO2/c1-2-5(7)3-6(9)4-8/h5-6,8-9H,2-4,7H2,1H3/t5?,6-/m0/s1. The van der Waals surface area contributed by atoms with Crippen LogP contribution in [-0.4, -0.2) is 29.0 Å². The molecule has 0 amide bonds. The van der Waals surface area contributed by atoms with Crippen molar-refractivity contribution in [3.8, 4) is 0 Å². The molecule has 3 nitrogen and oxygen atoms in total. The van der Waals surface area contributed by atoms with Crippen molar-refractivity contribution in [2.24, 2.45) is 5.73 Å². The van der Waals surface area contributed by atoms with Crippen LogP contribution in [0.1, 0.15) is 19.8 Å². The van der Waals surface area contributed by atoms with Crippen molar-refractivity contribution < 1.29 is 10.2 Å². The van der Waals surface area contributed by atoms with Gasteiger partial charge in [-0.3, -0.25) is 0 Å². The summed E-state index contributed by atoms with van der Waals surface area (Å²) in [5.41, 5.74) is 5.48. The van der Waals surface area contributed by atoms with E-state index in [1.54, 1.807) is 0 Å². The van der Waals surface area contributed by atoms with Crippen LogP contribution in [0.2, 0.25) is 0 Å². The number of hydrogen-bond acceptors (Lipinski definition) is 3. The van der Waals surface area contributed by atoms with Crippen molar-refractivity contribution >= 4 is 0 Å². The smallest absolute Gasteiger partial charge is 0.0785 e. The quantitative estimate of drug-likeness (QED) is 0.483. The first-order chi connectivity index (χ1) is 4.20. The van der Waals surface area contributed by atoms with Crippen LogP contribution >= 0.6 is 0 Å². The second kappa shape index (κ2) is 4.73. The lowest BCUT2D eigenvalue weighted by atomic mass is 10.1. The van der Waals surface area contributed by atoms with E-state index in [1.807, 2.05) is 6.92 Å². The third-order valence-electron chi connectivity index (χ3n) is 1.31. The SMILES string of the molecule is CCC(N)C[C@H](O)CO. The molecule has 0 aliphatic heterocycles. The molecule has 0 fully saturated rings. The van der Waals surface area contributed by atoms with Crippen LogP contribution in [0.25, 0.3) is 0 Å². The fourth-order valence-electron chi connectivity index (χ4n) is 0.591. The van der Waals surface area contributed by atoms with Gasteiger partial charge in [0.25, 0.3) is 0 Å². The molecule has 0 aromatic rings. The summed E-state index contributed by atoms with van der Waals surface area (Å²) in [4.78, 5) is 0. The maximum atomic E-state index is 8.83. The predicted molar refractivity (Wildman–Crippen MR) is 36.0 cm³/mol. The largest absolute Gasteiger partial charge is 0.394 e. The summed E-state index contributed by atoms with van der Waals surface area (Å²) >= 11 is 0. The molecular formula is C6H15NO2. The lowest BCUT2D eigenvalue weighted by Crippen LogP contribution is -2.27. The third-order valence-corrected chi connectivity index (χ3v) is 1.31. The minimum atomic E-state index is -0.639. The van der Waals surface area contributed by atoms with Crippen LogP contribution in [-0.2, 0) is 0 Å². The first-order valence-corrected chi connectivity index (χ1v) is 3.25. The highest BCUT2D eigenvalue weighted by atomic mass is 16.3. The van der Waals surface area contributed by atoms with Gasteiger partial charge in [0.05, 0.1) is 12.7 Å². The molecule has 0 heterocycles. The Hall–Kier alpha value is -0.120.